The molecule has 28 heavy (non-hydrogen) atoms. The number of nitrogens with zero attached hydrogens (tertiary/aromatic N) is 2. The zero-order chi connectivity index (χ0) is 19.3. The molecule has 1 aliphatic rings. The Balaban J connectivity index is 1.57. The Labute approximate surface area is 170 Å². The van der Waals surface area contributed by atoms with Gasteiger partial charge in [0.25, 0.3) is 0 Å². The van der Waals surface area contributed by atoms with Gasteiger partial charge in [0.05, 0.1) is 5.69 Å². The number of imidazole rings is 1. The molecule has 5 heteroatoms. The molecule has 0 atom stereocenters. The van der Waals surface area contributed by atoms with E-state index in [0.29, 0.717) is 17.5 Å². The van der Waals surface area contributed by atoms with Crippen LogP contribution in [0.15, 0.2) is 54.7 Å². The van der Waals surface area contributed by atoms with Gasteiger partial charge in [0.2, 0.25) is 0 Å². The maximum absolute atomic E-state index is 13.2. The first-order valence-corrected chi connectivity index (χ1v) is 10.4. The highest BCUT2D eigenvalue weighted by Crippen LogP contribution is 2.20. The van der Waals surface area contributed by atoms with Crippen molar-refractivity contribution in [1.29, 1.82) is 0 Å². The quantitative estimate of drug-likeness (QED) is 0.580. The van der Waals surface area contributed by atoms with Crippen molar-refractivity contribution in [2.75, 3.05) is 0 Å². The summed E-state index contributed by atoms with van der Waals surface area (Å²) in [6.45, 7) is 0.766. The molecule has 0 unspecified atom stereocenters. The van der Waals surface area contributed by atoms with Gasteiger partial charge in [-0.1, -0.05) is 43.0 Å². The largest absolute Gasteiger partial charge is 0.308 e. The van der Waals surface area contributed by atoms with Gasteiger partial charge in [-0.2, -0.15) is 0 Å². The first-order chi connectivity index (χ1) is 13.7. The molecule has 1 fully saturated rings. The number of nitrogens with one attached hydrogen (secondary N) is 1. The molecule has 4 rings (SSSR count). The Morgan fingerprint density at radius 3 is 2.43 bits per heavy atom. The minimum absolute atomic E-state index is 0.220. The highest BCUT2D eigenvalue weighted by Gasteiger charge is 2.15. The van der Waals surface area contributed by atoms with Crippen LogP contribution in [0.1, 0.15) is 49.2 Å². The molecule has 3 aromatic rings. The normalized spacial score (nSPS) is 15.1. The number of hydrogen-bond donors (Lipinski definition) is 1. The SMILES string of the molecule is Fc1ccc(Cc2nc(CNC3CCCCC3)cn2-c2ccc(Cl)cc2)cc1. The zero-order valence-electron chi connectivity index (χ0n) is 15.9. The Bertz CT molecular complexity index is 897. The summed E-state index contributed by atoms with van der Waals surface area (Å²) in [6, 6.07) is 15.0. The third kappa shape index (κ3) is 4.81. The average molecular weight is 398 g/mol. The van der Waals surface area contributed by atoms with Crippen LogP contribution in [-0.4, -0.2) is 15.6 Å². The molecule has 0 radical (unpaired) electrons. The van der Waals surface area contributed by atoms with Crippen molar-refractivity contribution < 1.29 is 4.39 Å². The number of hydrogen-bond acceptors (Lipinski definition) is 2. The van der Waals surface area contributed by atoms with Crippen molar-refractivity contribution >= 4 is 11.6 Å². The van der Waals surface area contributed by atoms with Gasteiger partial charge >= 0.3 is 0 Å². The van der Waals surface area contributed by atoms with Gasteiger partial charge in [0.15, 0.2) is 0 Å². The lowest BCUT2D eigenvalue weighted by atomic mass is 9.95. The fourth-order valence-electron chi connectivity index (χ4n) is 3.85. The number of benzene rings is 2. The first kappa shape index (κ1) is 19.2. The van der Waals surface area contributed by atoms with Crippen molar-refractivity contribution in [3.05, 3.63) is 82.6 Å². The Hall–Kier alpha value is -2.17. The predicted octanol–water partition coefficient (Wildman–Crippen LogP) is 5.68. The van der Waals surface area contributed by atoms with E-state index in [1.165, 1.54) is 44.2 Å². The van der Waals surface area contributed by atoms with Crippen LogP contribution < -0.4 is 5.32 Å². The number of rotatable bonds is 6. The Morgan fingerprint density at radius 1 is 1.00 bits per heavy atom. The topological polar surface area (TPSA) is 29.9 Å². The van der Waals surface area contributed by atoms with Gasteiger partial charge in [0, 0.05) is 35.9 Å². The standard InChI is InChI=1S/C23H25ClFN3/c24-18-8-12-22(13-9-18)28-16-21(15-26-20-4-2-1-3-5-20)27-23(28)14-17-6-10-19(25)11-7-17/h6-13,16,20,26H,1-5,14-15H2. The van der Waals surface area contributed by atoms with Gasteiger partial charge in [-0.25, -0.2) is 9.37 Å². The van der Waals surface area contributed by atoms with Crippen molar-refractivity contribution in [3.8, 4) is 5.69 Å². The number of aromatic nitrogens is 2. The van der Waals surface area contributed by atoms with E-state index < -0.39 is 0 Å². The van der Waals surface area contributed by atoms with E-state index in [0.717, 1.165) is 29.3 Å². The Kier molecular flexibility index (Phi) is 6.08. The summed E-state index contributed by atoms with van der Waals surface area (Å²) in [7, 11) is 0. The van der Waals surface area contributed by atoms with Crippen molar-refractivity contribution in [1.82, 2.24) is 14.9 Å². The minimum Gasteiger partial charge on any atom is -0.308 e. The van der Waals surface area contributed by atoms with Crippen LogP contribution in [0.3, 0.4) is 0 Å². The van der Waals surface area contributed by atoms with E-state index in [-0.39, 0.29) is 5.82 Å². The number of halogens is 2. The molecular formula is C23H25ClFN3. The smallest absolute Gasteiger partial charge is 0.123 e. The summed E-state index contributed by atoms with van der Waals surface area (Å²) in [5.74, 6) is 0.719. The fourth-order valence-corrected chi connectivity index (χ4v) is 3.97. The molecule has 0 amide bonds. The van der Waals surface area contributed by atoms with E-state index in [2.05, 4.69) is 16.1 Å². The van der Waals surface area contributed by atoms with Crippen molar-refractivity contribution in [2.24, 2.45) is 0 Å². The summed E-state index contributed by atoms with van der Waals surface area (Å²) in [4.78, 5) is 4.88. The molecule has 1 aliphatic carbocycles. The molecule has 1 saturated carbocycles. The van der Waals surface area contributed by atoms with E-state index in [1.807, 2.05) is 36.4 Å². The van der Waals surface area contributed by atoms with Crippen LogP contribution in [-0.2, 0) is 13.0 Å². The molecule has 0 bridgehead atoms. The second-order valence-corrected chi connectivity index (χ2v) is 7.95. The van der Waals surface area contributed by atoms with Crippen LogP contribution in [0, 0.1) is 5.82 Å². The fraction of sp³-hybridized carbons (Fsp3) is 0.348. The maximum Gasteiger partial charge on any atom is 0.123 e. The van der Waals surface area contributed by atoms with E-state index in [1.54, 1.807) is 0 Å². The van der Waals surface area contributed by atoms with Gasteiger partial charge in [-0.3, -0.25) is 0 Å². The van der Waals surface area contributed by atoms with Crippen LogP contribution >= 0.6 is 11.6 Å². The lowest BCUT2D eigenvalue weighted by molar-refractivity contribution is 0.371. The molecule has 0 spiro atoms. The van der Waals surface area contributed by atoms with Gasteiger partial charge in [-0.05, 0) is 54.8 Å². The van der Waals surface area contributed by atoms with Crippen LogP contribution in [0.25, 0.3) is 5.69 Å². The van der Waals surface area contributed by atoms with Crippen LogP contribution in [0.4, 0.5) is 4.39 Å². The average Bonchev–Trinajstić information content (AvgIpc) is 3.12. The molecule has 1 heterocycles. The molecule has 146 valence electrons. The summed E-state index contributed by atoms with van der Waals surface area (Å²) >= 11 is 6.05. The summed E-state index contributed by atoms with van der Waals surface area (Å²) < 4.78 is 15.4. The molecule has 0 aliphatic heterocycles. The molecule has 1 aromatic heterocycles. The highest BCUT2D eigenvalue weighted by atomic mass is 35.5. The van der Waals surface area contributed by atoms with E-state index in [4.69, 9.17) is 16.6 Å². The minimum atomic E-state index is -0.220. The third-order valence-electron chi connectivity index (χ3n) is 5.39. The summed E-state index contributed by atoms with van der Waals surface area (Å²) in [6.07, 6.45) is 9.22. The lowest BCUT2D eigenvalue weighted by Gasteiger charge is -2.22. The van der Waals surface area contributed by atoms with Gasteiger partial charge < -0.3 is 9.88 Å². The third-order valence-corrected chi connectivity index (χ3v) is 5.64. The molecule has 0 saturated heterocycles. The van der Waals surface area contributed by atoms with Gasteiger partial charge in [-0.15, -0.1) is 0 Å². The summed E-state index contributed by atoms with van der Waals surface area (Å²) in [5.41, 5.74) is 3.09. The summed E-state index contributed by atoms with van der Waals surface area (Å²) in [5, 5.41) is 4.38. The monoisotopic (exact) mass is 397 g/mol. The highest BCUT2D eigenvalue weighted by molar-refractivity contribution is 6.30. The first-order valence-electron chi connectivity index (χ1n) is 9.98. The predicted molar refractivity (Wildman–Crippen MR) is 111 cm³/mol. The Morgan fingerprint density at radius 2 is 1.71 bits per heavy atom. The van der Waals surface area contributed by atoms with E-state index in [9.17, 15) is 4.39 Å². The molecule has 2 aromatic carbocycles. The molecular weight excluding hydrogens is 373 g/mol. The lowest BCUT2D eigenvalue weighted by Crippen LogP contribution is -2.30. The second kappa shape index (κ2) is 8.89. The molecule has 1 N–H and O–H groups in total. The zero-order valence-corrected chi connectivity index (χ0v) is 16.6. The van der Waals surface area contributed by atoms with E-state index >= 15 is 0 Å². The van der Waals surface area contributed by atoms with Crippen LogP contribution in [0.5, 0.6) is 0 Å². The van der Waals surface area contributed by atoms with Gasteiger partial charge in [0.1, 0.15) is 11.6 Å². The molecule has 3 nitrogen and oxygen atoms in total. The van der Waals surface area contributed by atoms with Crippen molar-refractivity contribution in [3.63, 3.8) is 0 Å². The van der Waals surface area contributed by atoms with Crippen molar-refractivity contribution in [2.45, 2.75) is 51.1 Å². The maximum atomic E-state index is 13.2. The second-order valence-electron chi connectivity index (χ2n) is 7.51. The van der Waals surface area contributed by atoms with Crippen LogP contribution in [0.2, 0.25) is 5.02 Å².